The smallest absolute Gasteiger partial charge is 0.244 e. The molecule has 16 heavy (non-hydrogen) atoms. The fourth-order valence-corrected chi connectivity index (χ4v) is 2.62. The Balaban J connectivity index is 2.08. The van der Waals surface area contributed by atoms with Crippen molar-refractivity contribution < 1.29 is 4.79 Å². The molecule has 1 aromatic carbocycles. The summed E-state index contributed by atoms with van der Waals surface area (Å²) < 4.78 is 0. The molecule has 1 aliphatic rings. The topological polar surface area (TPSA) is 32.3 Å². The lowest BCUT2D eigenvalue weighted by Crippen LogP contribution is -2.43. The zero-order valence-electron chi connectivity index (χ0n) is 9.56. The fraction of sp³-hybridized carbons (Fsp3) is 0.417. The van der Waals surface area contributed by atoms with Crippen LogP contribution in [0.25, 0.3) is 0 Å². The SMILES string of the molecule is Cc1ccc(N(C)C(=O)C2CSCN2)cc1. The second-order valence-corrected chi connectivity index (χ2v) is 5.03. The van der Waals surface area contributed by atoms with Crippen LogP contribution >= 0.6 is 11.8 Å². The molecule has 1 fully saturated rings. The molecule has 0 aliphatic carbocycles. The molecule has 1 amide bonds. The first-order valence-corrected chi connectivity index (χ1v) is 6.49. The molecule has 0 radical (unpaired) electrons. The van der Waals surface area contributed by atoms with Crippen molar-refractivity contribution in [1.29, 1.82) is 0 Å². The van der Waals surface area contributed by atoms with Gasteiger partial charge in [-0.1, -0.05) is 17.7 Å². The molecule has 4 heteroatoms. The highest BCUT2D eigenvalue weighted by molar-refractivity contribution is 7.99. The van der Waals surface area contributed by atoms with Gasteiger partial charge in [0.05, 0.1) is 6.04 Å². The summed E-state index contributed by atoms with van der Waals surface area (Å²) >= 11 is 1.77. The van der Waals surface area contributed by atoms with Crippen molar-refractivity contribution >= 4 is 23.4 Å². The largest absolute Gasteiger partial charge is 0.314 e. The third-order valence-corrected chi connectivity index (χ3v) is 3.71. The predicted molar refractivity (Wildman–Crippen MR) is 68.8 cm³/mol. The summed E-state index contributed by atoms with van der Waals surface area (Å²) in [7, 11) is 1.83. The Morgan fingerprint density at radius 1 is 1.44 bits per heavy atom. The molecule has 3 nitrogen and oxygen atoms in total. The van der Waals surface area contributed by atoms with Gasteiger partial charge in [0.15, 0.2) is 0 Å². The average Bonchev–Trinajstić information content (AvgIpc) is 2.81. The normalized spacial score (nSPS) is 19.8. The van der Waals surface area contributed by atoms with E-state index < -0.39 is 0 Å². The van der Waals surface area contributed by atoms with E-state index in [1.807, 2.05) is 38.2 Å². The number of nitrogens with zero attached hydrogens (tertiary/aromatic N) is 1. The quantitative estimate of drug-likeness (QED) is 0.847. The minimum Gasteiger partial charge on any atom is -0.314 e. The number of hydrogen-bond donors (Lipinski definition) is 1. The van der Waals surface area contributed by atoms with Gasteiger partial charge in [0, 0.05) is 24.4 Å². The van der Waals surface area contributed by atoms with Crippen LogP contribution in [0.4, 0.5) is 5.69 Å². The highest BCUT2D eigenvalue weighted by Gasteiger charge is 2.25. The monoisotopic (exact) mass is 236 g/mol. The highest BCUT2D eigenvalue weighted by Crippen LogP contribution is 2.17. The first kappa shape index (κ1) is 11.5. The number of nitrogens with one attached hydrogen (secondary N) is 1. The molecule has 1 atom stereocenters. The van der Waals surface area contributed by atoms with E-state index in [-0.39, 0.29) is 11.9 Å². The van der Waals surface area contributed by atoms with Gasteiger partial charge in [0.1, 0.15) is 0 Å². The molecule has 1 heterocycles. The second-order valence-electron chi connectivity index (χ2n) is 4.00. The van der Waals surface area contributed by atoms with E-state index >= 15 is 0 Å². The Morgan fingerprint density at radius 3 is 2.69 bits per heavy atom. The second kappa shape index (κ2) is 4.89. The van der Waals surface area contributed by atoms with Crippen molar-refractivity contribution in [2.45, 2.75) is 13.0 Å². The molecule has 0 spiro atoms. The Kier molecular flexibility index (Phi) is 3.51. The van der Waals surface area contributed by atoms with Crippen LogP contribution in [-0.2, 0) is 4.79 Å². The number of benzene rings is 1. The highest BCUT2D eigenvalue weighted by atomic mass is 32.2. The molecule has 1 N–H and O–H groups in total. The summed E-state index contributed by atoms with van der Waals surface area (Å²) in [5.74, 6) is 1.89. The molecule has 86 valence electrons. The van der Waals surface area contributed by atoms with Gasteiger partial charge in [-0.15, -0.1) is 11.8 Å². The molecule has 0 aromatic heterocycles. The zero-order valence-corrected chi connectivity index (χ0v) is 10.4. The Hall–Kier alpha value is -1.00. The molecule has 0 saturated carbocycles. The van der Waals surface area contributed by atoms with Gasteiger partial charge < -0.3 is 4.90 Å². The Morgan fingerprint density at radius 2 is 2.12 bits per heavy atom. The van der Waals surface area contributed by atoms with Gasteiger partial charge in [-0.25, -0.2) is 0 Å². The van der Waals surface area contributed by atoms with Gasteiger partial charge in [0.2, 0.25) is 5.91 Å². The summed E-state index contributed by atoms with van der Waals surface area (Å²) in [6.07, 6.45) is 0. The number of carbonyl (C=O) groups excluding carboxylic acids is 1. The molecule has 1 saturated heterocycles. The van der Waals surface area contributed by atoms with Crippen molar-refractivity contribution in [2.75, 3.05) is 23.6 Å². The fourth-order valence-electron chi connectivity index (χ4n) is 1.68. The minimum absolute atomic E-state index is 0.0312. The van der Waals surface area contributed by atoms with Crippen LogP contribution in [0.15, 0.2) is 24.3 Å². The van der Waals surface area contributed by atoms with Crippen molar-refractivity contribution in [2.24, 2.45) is 0 Å². The summed E-state index contributed by atoms with van der Waals surface area (Å²) in [4.78, 5) is 13.8. The third kappa shape index (κ3) is 2.39. The van der Waals surface area contributed by atoms with Crippen molar-refractivity contribution in [3.8, 4) is 0 Å². The number of likely N-dealkylation sites (N-methyl/N-ethyl adjacent to an activating group) is 1. The lowest BCUT2D eigenvalue weighted by Gasteiger charge is -2.21. The first-order valence-electron chi connectivity index (χ1n) is 5.34. The molecule has 1 unspecified atom stereocenters. The Bertz CT molecular complexity index is 371. The third-order valence-electron chi connectivity index (χ3n) is 2.77. The summed E-state index contributed by atoms with van der Waals surface area (Å²) in [6.45, 7) is 2.04. The number of carbonyl (C=O) groups is 1. The van der Waals surface area contributed by atoms with Gasteiger partial charge in [-0.05, 0) is 19.1 Å². The van der Waals surface area contributed by atoms with Crippen LogP contribution in [0, 0.1) is 6.92 Å². The van der Waals surface area contributed by atoms with Crippen LogP contribution in [0.2, 0.25) is 0 Å². The Labute approximate surface area is 100 Å². The maximum absolute atomic E-state index is 12.1. The van der Waals surface area contributed by atoms with E-state index in [1.165, 1.54) is 5.56 Å². The molecule has 0 bridgehead atoms. The lowest BCUT2D eigenvalue weighted by molar-refractivity contribution is -0.119. The summed E-state index contributed by atoms with van der Waals surface area (Å²) in [5, 5.41) is 3.19. The molecule has 2 rings (SSSR count). The molecule has 1 aromatic rings. The van der Waals surface area contributed by atoms with Crippen LogP contribution in [0.5, 0.6) is 0 Å². The number of anilines is 1. The lowest BCUT2D eigenvalue weighted by atomic mass is 10.2. The molecular formula is C12H16N2OS. The van der Waals surface area contributed by atoms with Crippen LogP contribution in [0.1, 0.15) is 5.56 Å². The molecular weight excluding hydrogens is 220 g/mol. The van der Waals surface area contributed by atoms with Gasteiger partial charge in [-0.3, -0.25) is 10.1 Å². The number of rotatable bonds is 2. The van der Waals surface area contributed by atoms with Crippen molar-refractivity contribution in [3.63, 3.8) is 0 Å². The first-order chi connectivity index (χ1) is 7.68. The van der Waals surface area contributed by atoms with Crippen LogP contribution < -0.4 is 10.2 Å². The number of thioether (sulfide) groups is 1. The van der Waals surface area contributed by atoms with E-state index in [9.17, 15) is 4.79 Å². The van der Waals surface area contributed by atoms with E-state index in [0.29, 0.717) is 0 Å². The molecule has 1 aliphatic heterocycles. The van der Waals surface area contributed by atoms with Gasteiger partial charge in [0.25, 0.3) is 0 Å². The number of aryl methyl sites for hydroxylation is 1. The van der Waals surface area contributed by atoms with Crippen LogP contribution in [0.3, 0.4) is 0 Å². The van der Waals surface area contributed by atoms with Crippen molar-refractivity contribution in [3.05, 3.63) is 29.8 Å². The number of hydrogen-bond acceptors (Lipinski definition) is 3. The minimum atomic E-state index is -0.0312. The zero-order chi connectivity index (χ0) is 11.5. The van der Waals surface area contributed by atoms with Gasteiger partial charge in [-0.2, -0.15) is 0 Å². The van der Waals surface area contributed by atoms with E-state index in [2.05, 4.69) is 5.32 Å². The summed E-state index contributed by atoms with van der Waals surface area (Å²) in [6, 6.07) is 7.98. The van der Waals surface area contributed by atoms with E-state index in [1.54, 1.807) is 16.7 Å². The van der Waals surface area contributed by atoms with Gasteiger partial charge >= 0.3 is 0 Å². The summed E-state index contributed by atoms with van der Waals surface area (Å²) in [5.41, 5.74) is 2.16. The predicted octanol–water partition coefficient (Wildman–Crippen LogP) is 1.62. The van der Waals surface area contributed by atoms with Crippen LogP contribution in [-0.4, -0.2) is 30.6 Å². The van der Waals surface area contributed by atoms with E-state index in [4.69, 9.17) is 0 Å². The number of amides is 1. The standard InChI is InChI=1S/C12H16N2OS/c1-9-3-5-10(6-4-9)14(2)12(15)11-7-16-8-13-11/h3-6,11,13H,7-8H2,1-2H3. The maximum Gasteiger partial charge on any atom is 0.244 e. The average molecular weight is 236 g/mol. The maximum atomic E-state index is 12.1. The van der Waals surface area contributed by atoms with Crippen molar-refractivity contribution in [1.82, 2.24) is 5.32 Å². The van der Waals surface area contributed by atoms with E-state index in [0.717, 1.165) is 17.3 Å².